The summed E-state index contributed by atoms with van der Waals surface area (Å²) in [6.07, 6.45) is 9.56. The van der Waals surface area contributed by atoms with Crippen molar-refractivity contribution in [1.29, 1.82) is 0 Å². The lowest BCUT2D eigenvalue weighted by Gasteiger charge is -2.05. The summed E-state index contributed by atoms with van der Waals surface area (Å²) >= 11 is 1.12. The zero-order valence-electron chi connectivity index (χ0n) is 12.8. The molecule has 0 fully saturated rings. The van der Waals surface area contributed by atoms with Crippen LogP contribution in [0.25, 0.3) is 0 Å². The highest BCUT2D eigenvalue weighted by atomic mass is 32.2. The average Bonchev–Trinajstić information content (AvgIpc) is 2.95. The predicted octanol–water partition coefficient (Wildman–Crippen LogP) is 3.66. The molecule has 1 aromatic rings. The first-order valence-electron chi connectivity index (χ1n) is 7.79. The lowest BCUT2D eigenvalue weighted by atomic mass is 10.1. The second-order valence-electron chi connectivity index (χ2n) is 5.25. The number of nitrogens with one attached hydrogen (secondary N) is 1. The van der Waals surface area contributed by atoms with Gasteiger partial charge in [-0.25, -0.2) is 13.1 Å². The van der Waals surface area contributed by atoms with E-state index in [-0.39, 0.29) is 10.8 Å². The van der Waals surface area contributed by atoms with Crippen LogP contribution in [-0.2, 0) is 16.6 Å². The number of sulfonamides is 1. The summed E-state index contributed by atoms with van der Waals surface area (Å²) in [6, 6.07) is 3.20. The maximum Gasteiger partial charge on any atom is 0.250 e. The molecule has 0 unspecified atom stereocenters. The highest BCUT2D eigenvalue weighted by molar-refractivity contribution is 7.91. The minimum Gasteiger partial charge on any atom is -0.391 e. The Morgan fingerprint density at radius 1 is 1.05 bits per heavy atom. The number of thiophene rings is 1. The Labute approximate surface area is 132 Å². The third kappa shape index (κ3) is 7.40. The molecule has 0 saturated heterocycles. The third-order valence-electron chi connectivity index (χ3n) is 3.38. The quantitative estimate of drug-likeness (QED) is 0.574. The van der Waals surface area contributed by atoms with Gasteiger partial charge in [-0.05, 0) is 18.6 Å². The summed E-state index contributed by atoms with van der Waals surface area (Å²) in [5.74, 6) is 0. The summed E-state index contributed by atoms with van der Waals surface area (Å²) in [7, 11) is -3.40. The van der Waals surface area contributed by atoms with Gasteiger partial charge in [-0.3, -0.25) is 0 Å². The third-order valence-corrected chi connectivity index (χ3v) is 6.40. The van der Waals surface area contributed by atoms with Crippen molar-refractivity contribution >= 4 is 21.4 Å². The molecule has 122 valence electrons. The van der Waals surface area contributed by atoms with Crippen LogP contribution in [0.15, 0.2) is 16.3 Å². The number of aliphatic hydroxyl groups excluding tert-OH is 1. The minimum absolute atomic E-state index is 0.113. The standard InChI is InChI=1S/C15H27NO3S2/c1-2-3-4-5-6-7-8-9-12-16-21(18,19)15-11-10-14(13-17)20-15/h10-11,16-17H,2-9,12-13H2,1H3. The molecule has 1 aromatic heterocycles. The van der Waals surface area contributed by atoms with Crippen LogP contribution in [-0.4, -0.2) is 20.1 Å². The molecule has 6 heteroatoms. The average molecular weight is 334 g/mol. The maximum atomic E-state index is 12.0. The van der Waals surface area contributed by atoms with Crippen LogP contribution in [0.2, 0.25) is 0 Å². The number of hydrogen-bond donors (Lipinski definition) is 2. The molecule has 0 radical (unpaired) electrons. The summed E-state index contributed by atoms with van der Waals surface area (Å²) in [6.45, 7) is 2.59. The van der Waals surface area contributed by atoms with Crippen LogP contribution in [0.4, 0.5) is 0 Å². The van der Waals surface area contributed by atoms with Crippen molar-refractivity contribution in [2.24, 2.45) is 0 Å². The van der Waals surface area contributed by atoms with Crippen molar-refractivity contribution in [2.45, 2.75) is 69.1 Å². The van der Waals surface area contributed by atoms with Gasteiger partial charge < -0.3 is 5.11 Å². The molecule has 21 heavy (non-hydrogen) atoms. The monoisotopic (exact) mass is 333 g/mol. The molecule has 0 spiro atoms. The second kappa shape index (κ2) is 10.3. The lowest BCUT2D eigenvalue weighted by Crippen LogP contribution is -2.23. The summed E-state index contributed by atoms with van der Waals surface area (Å²) in [5.41, 5.74) is 0. The van der Waals surface area contributed by atoms with E-state index in [0.29, 0.717) is 11.4 Å². The van der Waals surface area contributed by atoms with E-state index < -0.39 is 10.0 Å². The number of hydrogen-bond acceptors (Lipinski definition) is 4. The van der Waals surface area contributed by atoms with Gasteiger partial charge in [0, 0.05) is 11.4 Å². The highest BCUT2D eigenvalue weighted by Gasteiger charge is 2.15. The van der Waals surface area contributed by atoms with Crippen molar-refractivity contribution in [3.05, 3.63) is 17.0 Å². The van der Waals surface area contributed by atoms with E-state index in [0.717, 1.165) is 24.2 Å². The molecule has 0 atom stereocenters. The van der Waals surface area contributed by atoms with E-state index in [1.54, 1.807) is 12.1 Å². The van der Waals surface area contributed by atoms with Gasteiger partial charge in [0.1, 0.15) is 4.21 Å². The first-order chi connectivity index (χ1) is 10.1. The van der Waals surface area contributed by atoms with E-state index in [9.17, 15) is 8.42 Å². The molecule has 1 rings (SSSR count). The van der Waals surface area contributed by atoms with Crippen LogP contribution in [0.3, 0.4) is 0 Å². The molecular formula is C15H27NO3S2. The normalized spacial score (nSPS) is 11.9. The second-order valence-corrected chi connectivity index (χ2v) is 8.41. The molecule has 0 saturated carbocycles. The largest absolute Gasteiger partial charge is 0.391 e. The molecule has 0 aromatic carbocycles. The van der Waals surface area contributed by atoms with E-state index in [1.807, 2.05) is 0 Å². The molecule has 0 aliphatic carbocycles. The topological polar surface area (TPSA) is 66.4 Å². The number of unbranched alkanes of at least 4 members (excludes halogenated alkanes) is 7. The maximum absolute atomic E-state index is 12.0. The fourth-order valence-corrected chi connectivity index (χ4v) is 4.46. The van der Waals surface area contributed by atoms with Gasteiger partial charge in [0.15, 0.2) is 0 Å². The molecule has 0 amide bonds. The Balaban J connectivity index is 2.14. The Bertz CT molecular complexity index is 483. The fourth-order valence-electron chi connectivity index (χ4n) is 2.12. The van der Waals surface area contributed by atoms with E-state index in [2.05, 4.69) is 11.6 Å². The van der Waals surface area contributed by atoms with E-state index in [1.165, 1.54) is 38.5 Å². The van der Waals surface area contributed by atoms with Crippen LogP contribution >= 0.6 is 11.3 Å². The van der Waals surface area contributed by atoms with Crippen LogP contribution in [0.5, 0.6) is 0 Å². The first-order valence-corrected chi connectivity index (χ1v) is 10.1. The van der Waals surface area contributed by atoms with Crippen LogP contribution in [0, 0.1) is 0 Å². The smallest absolute Gasteiger partial charge is 0.250 e. The molecule has 0 bridgehead atoms. The zero-order chi connectivity index (χ0) is 15.6. The van der Waals surface area contributed by atoms with Crippen molar-refractivity contribution in [3.63, 3.8) is 0 Å². The molecule has 4 nitrogen and oxygen atoms in total. The highest BCUT2D eigenvalue weighted by Crippen LogP contribution is 2.21. The van der Waals surface area contributed by atoms with Crippen molar-refractivity contribution < 1.29 is 13.5 Å². The molecule has 1 heterocycles. The first kappa shape index (κ1) is 18.6. The molecular weight excluding hydrogens is 306 g/mol. The molecule has 2 N–H and O–H groups in total. The summed E-state index contributed by atoms with van der Waals surface area (Å²) in [5, 5.41) is 8.96. The van der Waals surface area contributed by atoms with Gasteiger partial charge in [0.05, 0.1) is 6.61 Å². The van der Waals surface area contributed by atoms with Gasteiger partial charge in [-0.2, -0.15) is 0 Å². The Kier molecular flexibility index (Phi) is 9.15. The van der Waals surface area contributed by atoms with Crippen LogP contribution < -0.4 is 4.72 Å². The van der Waals surface area contributed by atoms with Crippen molar-refractivity contribution in [2.75, 3.05) is 6.54 Å². The Hall–Kier alpha value is -0.430. The summed E-state index contributed by atoms with van der Waals surface area (Å²) in [4.78, 5) is 0.669. The van der Waals surface area contributed by atoms with Crippen LogP contribution in [0.1, 0.15) is 63.2 Å². The number of rotatable bonds is 12. The Morgan fingerprint density at radius 3 is 2.24 bits per heavy atom. The van der Waals surface area contributed by atoms with Gasteiger partial charge >= 0.3 is 0 Å². The molecule has 0 aliphatic rings. The number of aliphatic hydroxyl groups is 1. The van der Waals surface area contributed by atoms with Gasteiger partial charge in [0.2, 0.25) is 10.0 Å². The fraction of sp³-hybridized carbons (Fsp3) is 0.733. The van der Waals surface area contributed by atoms with E-state index >= 15 is 0 Å². The summed E-state index contributed by atoms with van der Waals surface area (Å²) < 4.78 is 26.9. The predicted molar refractivity (Wildman–Crippen MR) is 88.0 cm³/mol. The molecule has 0 aliphatic heterocycles. The van der Waals surface area contributed by atoms with Crippen molar-refractivity contribution in [3.8, 4) is 0 Å². The lowest BCUT2D eigenvalue weighted by molar-refractivity contribution is 0.285. The van der Waals surface area contributed by atoms with Gasteiger partial charge in [0.25, 0.3) is 0 Å². The van der Waals surface area contributed by atoms with Gasteiger partial charge in [-0.1, -0.05) is 51.9 Å². The van der Waals surface area contributed by atoms with E-state index in [4.69, 9.17) is 5.11 Å². The SMILES string of the molecule is CCCCCCCCCCNS(=O)(=O)c1ccc(CO)s1. The van der Waals surface area contributed by atoms with Gasteiger partial charge in [-0.15, -0.1) is 11.3 Å². The minimum atomic E-state index is -3.40. The van der Waals surface area contributed by atoms with Crippen molar-refractivity contribution in [1.82, 2.24) is 4.72 Å². The zero-order valence-corrected chi connectivity index (χ0v) is 14.4. The Morgan fingerprint density at radius 2 is 1.67 bits per heavy atom.